The predicted molar refractivity (Wildman–Crippen MR) is 128 cm³/mol. The molecule has 0 aliphatic carbocycles. The number of urea groups is 1. The van der Waals surface area contributed by atoms with E-state index in [4.69, 9.17) is 11.6 Å². The molecule has 0 unspecified atom stereocenters. The largest absolute Gasteiger partial charge is 0.341 e. The summed E-state index contributed by atoms with van der Waals surface area (Å²) < 4.78 is 27.9. The van der Waals surface area contributed by atoms with Crippen LogP contribution in [0.25, 0.3) is 0 Å². The van der Waals surface area contributed by atoms with E-state index in [0.29, 0.717) is 39.6 Å². The highest BCUT2D eigenvalue weighted by atomic mass is 35.5. The second-order valence-corrected chi connectivity index (χ2v) is 8.98. The molecule has 3 aromatic rings. The summed E-state index contributed by atoms with van der Waals surface area (Å²) in [4.78, 5) is 27.6. The minimum atomic E-state index is -0.713. The third-order valence-corrected chi connectivity index (χ3v) is 6.78. The molecule has 174 valence electrons. The third kappa shape index (κ3) is 3.80. The Hall–Kier alpha value is -3.45. The molecule has 2 atom stereocenters. The van der Waals surface area contributed by atoms with E-state index >= 15 is 0 Å². The highest BCUT2D eigenvalue weighted by Gasteiger charge is 2.36. The lowest BCUT2D eigenvalue weighted by Gasteiger charge is -2.22. The van der Waals surface area contributed by atoms with E-state index in [1.807, 2.05) is 0 Å². The number of hydrogen-bond donors (Lipinski definition) is 2. The lowest BCUT2D eigenvalue weighted by atomic mass is 9.96. The van der Waals surface area contributed by atoms with Gasteiger partial charge in [0.15, 0.2) is 0 Å². The van der Waals surface area contributed by atoms with Crippen molar-refractivity contribution in [2.75, 3.05) is 16.8 Å². The number of nitrogens with one attached hydrogen (secondary N) is 2. The summed E-state index contributed by atoms with van der Waals surface area (Å²) in [6.07, 6.45) is 1.74. The van der Waals surface area contributed by atoms with Crippen LogP contribution in [-0.4, -0.2) is 18.5 Å². The smallest absolute Gasteiger partial charge is 0.326 e. The van der Waals surface area contributed by atoms with Crippen molar-refractivity contribution in [3.8, 4) is 0 Å². The van der Waals surface area contributed by atoms with E-state index in [1.54, 1.807) is 29.2 Å². The summed E-state index contributed by atoms with van der Waals surface area (Å²) in [6, 6.07) is 12.4. The van der Waals surface area contributed by atoms with Gasteiger partial charge in [0.1, 0.15) is 11.6 Å². The van der Waals surface area contributed by atoms with Crippen LogP contribution >= 0.6 is 11.6 Å². The van der Waals surface area contributed by atoms with Crippen molar-refractivity contribution in [2.45, 2.75) is 31.7 Å². The molecule has 2 aliphatic rings. The first-order valence-corrected chi connectivity index (χ1v) is 11.5. The van der Waals surface area contributed by atoms with Gasteiger partial charge < -0.3 is 10.6 Å². The normalized spacial score (nSPS) is 18.5. The third-order valence-electron chi connectivity index (χ3n) is 6.43. The number of nitrogens with zero attached hydrogens (tertiary/aromatic N) is 1. The fourth-order valence-corrected chi connectivity index (χ4v) is 5.15. The number of amides is 3. The van der Waals surface area contributed by atoms with E-state index in [2.05, 4.69) is 17.6 Å². The Labute approximate surface area is 200 Å². The lowest BCUT2D eigenvalue weighted by Crippen LogP contribution is -2.34. The number of carbonyl (C=O) groups excluding carboxylic acids is 2. The van der Waals surface area contributed by atoms with Gasteiger partial charge in [0.25, 0.3) is 5.91 Å². The molecule has 8 heteroatoms. The Kier molecular flexibility index (Phi) is 5.73. The average molecular weight is 482 g/mol. The van der Waals surface area contributed by atoms with Crippen LogP contribution < -0.4 is 15.5 Å². The number of carbonyl (C=O) groups is 2. The molecule has 5 rings (SSSR count). The van der Waals surface area contributed by atoms with Crippen molar-refractivity contribution >= 4 is 34.9 Å². The molecule has 3 aromatic carbocycles. The molecular formula is C26H22ClF2N3O2. The summed E-state index contributed by atoms with van der Waals surface area (Å²) in [5, 5.41) is 6.06. The van der Waals surface area contributed by atoms with Gasteiger partial charge in [-0.3, -0.25) is 9.69 Å². The fourth-order valence-electron chi connectivity index (χ4n) is 4.92. The van der Waals surface area contributed by atoms with Crippen LogP contribution in [0, 0.1) is 11.6 Å². The zero-order valence-electron chi connectivity index (χ0n) is 18.4. The van der Waals surface area contributed by atoms with Crippen molar-refractivity contribution in [1.82, 2.24) is 5.32 Å². The van der Waals surface area contributed by atoms with Crippen LogP contribution in [0.3, 0.4) is 0 Å². The number of hydrogen-bond acceptors (Lipinski definition) is 2. The second-order valence-electron chi connectivity index (χ2n) is 8.57. The first-order valence-electron chi connectivity index (χ1n) is 11.1. The van der Waals surface area contributed by atoms with Crippen molar-refractivity contribution in [3.63, 3.8) is 0 Å². The summed E-state index contributed by atoms with van der Waals surface area (Å²) in [5.74, 6) is -1.10. The van der Waals surface area contributed by atoms with Gasteiger partial charge in [-0.1, -0.05) is 31.0 Å². The monoisotopic (exact) mass is 481 g/mol. The first kappa shape index (κ1) is 22.3. The minimum absolute atomic E-state index is 0.0463. The Bertz CT molecular complexity index is 1310. The standard InChI is InChI=1S/C26H22ClF2N3O2/c1-2-4-14-13-32(22-10-8-16(29)11-18(14)22)26(34)30-21-6-3-5-17-23(21)24(31-25(17)33)19-12-15(28)7-9-20(19)27/h3,5-12,14,24H,2,4,13H2,1H3,(H,30,34)(H,31,33)/t14-,24+/m0/s1. The van der Waals surface area contributed by atoms with Gasteiger partial charge >= 0.3 is 6.03 Å². The molecule has 0 saturated carbocycles. The van der Waals surface area contributed by atoms with Gasteiger partial charge in [0.05, 0.1) is 6.04 Å². The van der Waals surface area contributed by atoms with Crippen LogP contribution in [0.2, 0.25) is 5.02 Å². The predicted octanol–water partition coefficient (Wildman–Crippen LogP) is 6.39. The van der Waals surface area contributed by atoms with Crippen LogP contribution in [0.5, 0.6) is 0 Å². The molecule has 3 amide bonds. The summed E-state index contributed by atoms with van der Waals surface area (Å²) in [5.41, 5.74) is 3.22. The van der Waals surface area contributed by atoms with E-state index < -0.39 is 11.9 Å². The zero-order chi connectivity index (χ0) is 24.0. The van der Waals surface area contributed by atoms with Gasteiger partial charge in [-0.25, -0.2) is 13.6 Å². The molecule has 34 heavy (non-hydrogen) atoms. The summed E-state index contributed by atoms with van der Waals surface area (Å²) in [7, 11) is 0. The van der Waals surface area contributed by atoms with Crippen molar-refractivity contribution in [3.05, 3.63) is 93.5 Å². The van der Waals surface area contributed by atoms with Crippen LogP contribution in [-0.2, 0) is 0 Å². The molecule has 2 heterocycles. The maximum atomic E-state index is 14.0. The quantitative estimate of drug-likeness (QED) is 0.453. The Morgan fingerprint density at radius 1 is 1.12 bits per heavy atom. The average Bonchev–Trinajstić information content (AvgIpc) is 3.34. The molecule has 0 bridgehead atoms. The highest BCUT2D eigenvalue weighted by Crippen LogP contribution is 2.41. The molecule has 0 aromatic heterocycles. The molecule has 0 radical (unpaired) electrons. The zero-order valence-corrected chi connectivity index (χ0v) is 19.1. The first-order chi connectivity index (χ1) is 16.4. The molecule has 5 nitrogen and oxygen atoms in total. The summed E-state index contributed by atoms with van der Waals surface area (Å²) in [6.45, 7) is 2.49. The van der Waals surface area contributed by atoms with Gasteiger partial charge in [-0.15, -0.1) is 0 Å². The van der Waals surface area contributed by atoms with E-state index in [1.165, 1.54) is 30.3 Å². The van der Waals surface area contributed by atoms with Gasteiger partial charge in [-0.2, -0.15) is 0 Å². The van der Waals surface area contributed by atoms with Crippen LogP contribution in [0.4, 0.5) is 25.0 Å². The molecule has 0 saturated heterocycles. The molecule has 2 aliphatic heterocycles. The van der Waals surface area contributed by atoms with E-state index in [-0.39, 0.29) is 23.7 Å². The van der Waals surface area contributed by atoms with Crippen molar-refractivity contribution < 1.29 is 18.4 Å². The Morgan fingerprint density at radius 3 is 2.62 bits per heavy atom. The van der Waals surface area contributed by atoms with E-state index in [0.717, 1.165) is 18.4 Å². The van der Waals surface area contributed by atoms with Gasteiger partial charge in [0, 0.05) is 45.6 Å². The second kappa shape index (κ2) is 8.72. The maximum Gasteiger partial charge on any atom is 0.326 e. The minimum Gasteiger partial charge on any atom is -0.341 e. The summed E-state index contributed by atoms with van der Waals surface area (Å²) >= 11 is 6.32. The fraction of sp³-hybridized carbons (Fsp3) is 0.231. The van der Waals surface area contributed by atoms with Crippen molar-refractivity contribution in [1.29, 1.82) is 0 Å². The number of rotatable bonds is 4. The number of fused-ring (bicyclic) bond motifs is 2. The molecule has 2 N–H and O–H groups in total. The molecule has 0 spiro atoms. The Morgan fingerprint density at radius 2 is 1.85 bits per heavy atom. The molecular weight excluding hydrogens is 460 g/mol. The number of halogens is 3. The Balaban J connectivity index is 1.50. The maximum absolute atomic E-state index is 14.0. The SMILES string of the molecule is CCC[C@H]1CN(C(=O)Nc2cccc3c2[C@@H](c2cc(F)ccc2Cl)NC3=O)c2ccc(F)cc21. The number of benzene rings is 3. The lowest BCUT2D eigenvalue weighted by molar-refractivity contribution is 0.0960. The molecule has 0 fully saturated rings. The van der Waals surface area contributed by atoms with E-state index in [9.17, 15) is 18.4 Å². The highest BCUT2D eigenvalue weighted by molar-refractivity contribution is 6.31. The van der Waals surface area contributed by atoms with Crippen LogP contribution in [0.1, 0.15) is 58.8 Å². The number of anilines is 2. The van der Waals surface area contributed by atoms with Crippen molar-refractivity contribution in [2.24, 2.45) is 0 Å². The van der Waals surface area contributed by atoms with Gasteiger partial charge in [0.2, 0.25) is 0 Å². The van der Waals surface area contributed by atoms with Gasteiger partial charge in [-0.05, 0) is 60.5 Å². The topological polar surface area (TPSA) is 61.4 Å². The van der Waals surface area contributed by atoms with Crippen LogP contribution in [0.15, 0.2) is 54.6 Å².